The number of sulfonamides is 1. The quantitative estimate of drug-likeness (QED) is 0.0688. The van der Waals surface area contributed by atoms with Crippen LogP contribution in [-0.2, 0) is 96.9 Å². The van der Waals surface area contributed by atoms with Crippen molar-refractivity contribution in [1.82, 2.24) is 81.7 Å². The van der Waals surface area contributed by atoms with Crippen LogP contribution >= 0.6 is 0 Å². The van der Waals surface area contributed by atoms with E-state index in [-0.39, 0.29) is 64.8 Å². The molecule has 6 aliphatic heterocycles. The molecular formula is C82H100N16O15S. The number of hydrogen-bond donors (Lipinski definition) is 9. The molecule has 31 nitrogen and oxygen atoms in total. The number of amides is 8. The summed E-state index contributed by atoms with van der Waals surface area (Å²) in [7, 11) is -0.978. The van der Waals surface area contributed by atoms with E-state index in [2.05, 4.69) is 62.6 Å². The summed E-state index contributed by atoms with van der Waals surface area (Å²) in [5.41, 5.74) is 1.07. The number of aliphatic carboxylic acids is 1. The van der Waals surface area contributed by atoms with Gasteiger partial charge in [0.05, 0.1) is 48.9 Å². The van der Waals surface area contributed by atoms with E-state index in [1.807, 2.05) is 84.9 Å². The fraction of sp³-hybridized carbons (Fsp3) is 0.439. The molecule has 6 aliphatic rings. The molecule has 12 bridgehead atoms. The number of benzene rings is 6. The summed E-state index contributed by atoms with van der Waals surface area (Å²) >= 11 is 0. The van der Waals surface area contributed by atoms with Crippen LogP contribution in [0.4, 0.5) is 0 Å². The average molecular weight is 1580 g/mol. The fourth-order valence-electron chi connectivity index (χ4n) is 14.4. The van der Waals surface area contributed by atoms with Gasteiger partial charge in [0.1, 0.15) is 72.4 Å². The number of fused-ring (bicyclic) bond motifs is 2. The number of nitrogens with zero attached hydrogens (tertiary/aromatic N) is 8. The molecule has 8 aromatic rings. The van der Waals surface area contributed by atoms with E-state index < -0.39 is 159 Å². The lowest BCUT2D eigenvalue weighted by Gasteiger charge is -2.36. The maximum atomic E-state index is 15.5. The number of ether oxygens (including phenoxy) is 2. The van der Waals surface area contributed by atoms with E-state index in [1.54, 1.807) is 130 Å². The lowest BCUT2D eigenvalue weighted by molar-refractivity contribution is -0.145. The predicted molar refractivity (Wildman–Crippen MR) is 422 cm³/mol. The van der Waals surface area contributed by atoms with Crippen molar-refractivity contribution < 1.29 is 70.9 Å². The highest BCUT2D eigenvalue weighted by atomic mass is 32.2. The Kier molecular flexibility index (Phi) is 26.1. The van der Waals surface area contributed by atoms with E-state index >= 15 is 24.0 Å². The fourth-order valence-corrected chi connectivity index (χ4v) is 14.9. The highest BCUT2D eigenvalue weighted by Crippen LogP contribution is 2.35. The number of nitrogens with one attached hydrogen (secondary N) is 8. The van der Waals surface area contributed by atoms with E-state index in [0.717, 1.165) is 27.8 Å². The highest BCUT2D eigenvalue weighted by Gasteiger charge is 2.49. The average Bonchev–Trinajstić information content (AvgIpc) is 1.63. The maximum absolute atomic E-state index is 15.5. The molecule has 14 rings (SSSR count). The van der Waals surface area contributed by atoms with Crippen LogP contribution < -0.4 is 51.4 Å². The summed E-state index contributed by atoms with van der Waals surface area (Å²) < 4.78 is 43.1. The first-order chi connectivity index (χ1) is 54.1. The van der Waals surface area contributed by atoms with Gasteiger partial charge in [0, 0.05) is 51.1 Å². The zero-order valence-electron chi connectivity index (χ0n) is 65.7. The molecule has 8 heterocycles. The largest absolute Gasteiger partial charge is 0.487 e. The van der Waals surface area contributed by atoms with Gasteiger partial charge in [-0.3, -0.25) is 47.9 Å². The number of carbonyl (C=O) groups excluding carboxylic acids is 9. The van der Waals surface area contributed by atoms with Crippen LogP contribution in [0.5, 0.6) is 11.5 Å². The Labute approximate surface area is 661 Å². The van der Waals surface area contributed by atoms with Gasteiger partial charge in [0.15, 0.2) is 5.78 Å². The first-order valence-corrected chi connectivity index (χ1v) is 39.9. The standard InChI is InChI=1S/C82H100N16O15S/c1-47(83-9)72(100)88-70(81(3,4)5)78(106)95-43-60-39-67(95)76(104)85-64(36-51-20-26-53-16-12-14-18-55(53)33-51)69(99)38-57(74(102)92-114(11,110)111)32-49-22-28-62(29-23-49)112-45-58-42-98(94-90-58)61-40-68(96(44-61)79(107)71(82(6,7)8)89-73(101)48(2)84-10)77(105)86-65(37-52-21-27-54-17-13-15-19-56(54)34-52)75(103)87-66(80(108)109)35-50-24-30-63(31-25-50)113-46-59-41-97(60)93-91-59/h12-31,33-34,41-42,47-48,57,60-61,64-68,70-71,83-84H,32,35-40,43-46H2,1-11H3,(H,85,104)(H,86,105)(H,87,103)(H,88,100)(H,89,101)(H,92,102)(H,108,109)/t47-,48-,57+,60-,61-,64-,65-,66-,67-,68-,70+,71+/m0/s1. The lowest BCUT2D eigenvalue weighted by Crippen LogP contribution is -2.60. The summed E-state index contributed by atoms with van der Waals surface area (Å²) in [5.74, 6) is -8.11. The molecule has 0 radical (unpaired) electrons. The Hall–Kier alpha value is -11.5. The molecule has 2 aromatic heterocycles. The van der Waals surface area contributed by atoms with E-state index in [1.165, 1.54) is 19.2 Å². The van der Waals surface area contributed by atoms with Crippen LogP contribution in [0, 0.1) is 16.7 Å². The van der Waals surface area contributed by atoms with Crippen molar-refractivity contribution in [3.8, 4) is 11.5 Å². The third-order valence-electron chi connectivity index (χ3n) is 21.2. The van der Waals surface area contributed by atoms with Gasteiger partial charge in [-0.25, -0.2) is 22.6 Å². The molecule has 604 valence electrons. The van der Waals surface area contributed by atoms with Crippen LogP contribution in [0.15, 0.2) is 146 Å². The van der Waals surface area contributed by atoms with Crippen LogP contribution in [0.1, 0.15) is 120 Å². The number of carboxylic acids is 1. The minimum absolute atomic E-state index is 0.0583. The van der Waals surface area contributed by atoms with E-state index in [0.29, 0.717) is 45.1 Å². The molecule has 0 saturated carbocycles. The number of Topliss-reactive ketones (excluding diaryl/α,β-unsaturated/α-hetero) is 1. The second kappa shape index (κ2) is 35.7. The molecule has 0 unspecified atom stereocenters. The van der Waals surface area contributed by atoms with Gasteiger partial charge in [-0.1, -0.05) is 161 Å². The van der Waals surface area contributed by atoms with Crippen LogP contribution in [-0.4, -0.2) is 200 Å². The number of ketones is 1. The Morgan fingerprint density at radius 1 is 0.553 bits per heavy atom. The normalized spacial score (nSPS) is 21.5. The van der Waals surface area contributed by atoms with Crippen molar-refractivity contribution in [2.75, 3.05) is 33.4 Å². The topological polar surface area (TPSA) is 408 Å². The molecule has 9 N–H and O–H groups in total. The number of aromatic nitrogens is 6. The third kappa shape index (κ3) is 21.0. The van der Waals surface area contributed by atoms with Gasteiger partial charge in [-0.05, 0) is 120 Å². The van der Waals surface area contributed by atoms with Crippen molar-refractivity contribution in [3.63, 3.8) is 0 Å². The van der Waals surface area contributed by atoms with Gasteiger partial charge in [-0.15, -0.1) is 10.2 Å². The number of likely N-dealkylation sites (tertiary alicyclic amines) is 2. The molecule has 114 heavy (non-hydrogen) atoms. The van der Waals surface area contributed by atoms with Gasteiger partial charge >= 0.3 is 5.97 Å². The van der Waals surface area contributed by atoms with Crippen LogP contribution in [0.3, 0.4) is 0 Å². The molecule has 8 amide bonds. The first-order valence-electron chi connectivity index (χ1n) is 38.0. The Morgan fingerprint density at radius 2 is 0.974 bits per heavy atom. The second-order valence-electron chi connectivity index (χ2n) is 32.0. The van der Waals surface area contributed by atoms with Gasteiger partial charge in [0.2, 0.25) is 57.3 Å². The minimum atomic E-state index is -4.18. The SMILES string of the molecule is CN[C@@H](C)C(=O)N[C@H](C(=O)N1C[C@@H]2C[C@H]1C(=O)N[C@@H](Cc1ccc3ccccc3c1)C(=O)C[C@H](C(=O)NS(C)(=O)=O)Cc1ccc(cc1)OCc1cn(nn1)[C@H]1C[C@@H](C(=O)N[C@@H](Cc3ccc4ccccc4c3)C(=O)N[C@H](C(=O)O)Cc3ccc(cc3)OCc3cn2nn3)N(C(=O)[C@@H](NC(=O)[C@H](C)NC)C(C)(C)C)C1)C(C)(C)C. The van der Waals surface area contributed by atoms with Gasteiger partial charge < -0.3 is 61.6 Å². The van der Waals surface area contributed by atoms with Crippen LogP contribution in [0.2, 0.25) is 0 Å². The molecule has 2 fully saturated rings. The second-order valence-corrected chi connectivity index (χ2v) is 33.7. The Bertz CT molecular complexity index is 5000. The summed E-state index contributed by atoms with van der Waals surface area (Å²) in [6.45, 7) is 13.4. The molecule has 0 spiro atoms. The number of carbonyl (C=O) groups is 10. The zero-order valence-corrected chi connectivity index (χ0v) is 66.5. The lowest BCUT2D eigenvalue weighted by atomic mass is 9.85. The summed E-state index contributed by atoms with van der Waals surface area (Å²) in [6.07, 6.45) is 2.73. The summed E-state index contributed by atoms with van der Waals surface area (Å²) in [6, 6.07) is 27.1. The minimum Gasteiger partial charge on any atom is -0.487 e. The van der Waals surface area contributed by atoms with E-state index in [9.17, 15) is 37.5 Å². The van der Waals surface area contributed by atoms with Crippen molar-refractivity contribution in [2.24, 2.45) is 16.7 Å². The summed E-state index contributed by atoms with van der Waals surface area (Å²) in [4.78, 5) is 149. The van der Waals surface area contributed by atoms with Crippen LogP contribution in [0.25, 0.3) is 21.5 Å². The van der Waals surface area contributed by atoms with E-state index in [4.69, 9.17) is 9.47 Å². The summed E-state index contributed by atoms with van der Waals surface area (Å²) in [5, 5.41) is 52.1. The highest BCUT2D eigenvalue weighted by molar-refractivity contribution is 7.89. The van der Waals surface area contributed by atoms with Gasteiger partial charge in [-0.2, -0.15) is 0 Å². The maximum Gasteiger partial charge on any atom is 0.326 e. The van der Waals surface area contributed by atoms with Crippen molar-refractivity contribution in [1.29, 1.82) is 0 Å². The van der Waals surface area contributed by atoms with Crippen molar-refractivity contribution in [2.45, 2.75) is 180 Å². The van der Waals surface area contributed by atoms with Crippen molar-refractivity contribution in [3.05, 3.63) is 179 Å². The number of rotatable bonds is 15. The smallest absolute Gasteiger partial charge is 0.326 e. The molecule has 32 heteroatoms. The third-order valence-corrected chi connectivity index (χ3v) is 21.7. The molecular weight excluding hydrogens is 1480 g/mol. The Morgan fingerprint density at radius 3 is 1.39 bits per heavy atom. The number of hydrogen-bond acceptors (Lipinski definition) is 20. The van der Waals surface area contributed by atoms with Crippen molar-refractivity contribution >= 4 is 90.6 Å². The first kappa shape index (κ1) is 83.4. The Balaban J connectivity index is 0.942. The predicted octanol–water partition coefficient (Wildman–Crippen LogP) is 4.37. The molecule has 6 aromatic carbocycles. The zero-order chi connectivity index (χ0) is 82.1. The number of carboxylic acid groups (broad SMARTS) is 1. The van der Waals surface area contributed by atoms with Gasteiger partial charge in [0.25, 0.3) is 0 Å². The number of likely N-dealkylation sites (N-methyl/N-ethyl adjacent to an activating group) is 2. The monoisotopic (exact) mass is 1580 g/mol. The molecule has 12 atom stereocenters. The molecule has 0 aliphatic carbocycles. The molecule has 2 saturated heterocycles.